The summed E-state index contributed by atoms with van der Waals surface area (Å²) in [6.07, 6.45) is 0. The zero-order valence-corrected chi connectivity index (χ0v) is 18.2. The third-order valence-corrected chi connectivity index (χ3v) is 4.90. The van der Waals surface area contributed by atoms with Crippen molar-refractivity contribution in [1.82, 2.24) is 0 Å². The zero-order valence-electron chi connectivity index (χ0n) is 13.7. The van der Waals surface area contributed by atoms with Crippen LogP contribution in [0.25, 0.3) is 0 Å². The Balaban J connectivity index is 2.25. The van der Waals surface area contributed by atoms with Gasteiger partial charge in [-0.05, 0) is 38.1 Å². The molecule has 0 unspecified atom stereocenters. The summed E-state index contributed by atoms with van der Waals surface area (Å²) in [5.41, 5.74) is -1.74. The van der Waals surface area contributed by atoms with Crippen molar-refractivity contribution in [2.45, 2.75) is 13.8 Å². The predicted octanol–water partition coefficient (Wildman–Crippen LogP) is 7.14. The minimum Gasteiger partial charge on any atom is -0.422 e. The highest BCUT2D eigenvalue weighted by atomic mass is 35.5. The summed E-state index contributed by atoms with van der Waals surface area (Å²) < 4.78 is 10.4. The average molecular weight is 491 g/mol. The topological polar surface area (TPSA) is 52.6 Å². The van der Waals surface area contributed by atoms with Crippen LogP contribution in [0.15, 0.2) is 24.3 Å². The molecule has 0 radical (unpaired) electrons. The number of carbonyl (C=O) groups excluding carboxylic acids is 2. The molecule has 10 heteroatoms. The number of hydrogen-bond donors (Lipinski definition) is 0. The van der Waals surface area contributed by atoms with Gasteiger partial charge >= 0.3 is 11.9 Å². The third-order valence-electron chi connectivity index (χ3n) is 3.34. The van der Waals surface area contributed by atoms with E-state index in [0.717, 1.165) is 0 Å². The van der Waals surface area contributed by atoms with E-state index in [1.165, 1.54) is 38.1 Å². The molecule has 4 nitrogen and oxygen atoms in total. The van der Waals surface area contributed by atoms with E-state index in [9.17, 15) is 9.59 Å². The van der Waals surface area contributed by atoms with Gasteiger partial charge in [-0.15, -0.1) is 0 Å². The number of carbonyl (C=O) groups is 2. The van der Waals surface area contributed by atoms with Gasteiger partial charge in [-0.25, -0.2) is 0 Å². The van der Waals surface area contributed by atoms with Gasteiger partial charge in [0.15, 0.2) is 16.9 Å². The molecule has 0 saturated carbocycles. The van der Waals surface area contributed by atoms with E-state index in [1.807, 2.05) is 0 Å². The fourth-order valence-corrected chi connectivity index (χ4v) is 3.57. The molecule has 0 N–H and O–H groups in total. The van der Waals surface area contributed by atoms with E-state index >= 15 is 0 Å². The lowest BCUT2D eigenvalue weighted by Gasteiger charge is -2.22. The van der Waals surface area contributed by atoms with Crippen LogP contribution in [0.2, 0.25) is 30.1 Å². The van der Waals surface area contributed by atoms with Crippen LogP contribution in [0, 0.1) is 5.41 Å². The molecule has 0 saturated heterocycles. The lowest BCUT2D eigenvalue weighted by molar-refractivity contribution is -0.158. The Hall–Kier alpha value is -0.880. The second kappa shape index (κ2) is 8.64. The molecule has 2 rings (SSSR count). The Morgan fingerprint density at radius 1 is 0.667 bits per heavy atom. The molecule has 0 fully saturated rings. The van der Waals surface area contributed by atoms with Crippen LogP contribution in [-0.2, 0) is 9.59 Å². The number of ether oxygens (including phenoxy) is 2. The van der Waals surface area contributed by atoms with Crippen molar-refractivity contribution in [3.63, 3.8) is 0 Å². The fraction of sp³-hybridized carbons (Fsp3) is 0.176. The quantitative estimate of drug-likeness (QED) is 0.259. The van der Waals surface area contributed by atoms with Crippen LogP contribution in [-0.4, -0.2) is 11.9 Å². The van der Waals surface area contributed by atoms with Crippen molar-refractivity contribution >= 4 is 81.5 Å². The molecule has 0 aliphatic rings. The summed E-state index contributed by atoms with van der Waals surface area (Å²) in [5.74, 6) is -2.17. The molecule has 27 heavy (non-hydrogen) atoms. The molecule has 0 bridgehead atoms. The van der Waals surface area contributed by atoms with Gasteiger partial charge in [-0.1, -0.05) is 69.6 Å². The standard InChI is InChI=1S/C17H10Cl6O4/c1-17(2,15(24)26-13-9(20)3-7(18)4-10(13)21)16(25)27-14-11(22)5-8(19)6-12(14)23/h3-6H,1-2H3. The van der Waals surface area contributed by atoms with Gasteiger partial charge in [-0.2, -0.15) is 0 Å². The van der Waals surface area contributed by atoms with Crippen molar-refractivity contribution in [3.8, 4) is 11.5 Å². The van der Waals surface area contributed by atoms with Gasteiger partial charge in [-0.3, -0.25) is 9.59 Å². The van der Waals surface area contributed by atoms with Gasteiger partial charge < -0.3 is 9.47 Å². The molecule has 0 amide bonds. The van der Waals surface area contributed by atoms with Crippen LogP contribution in [0.5, 0.6) is 11.5 Å². The molecule has 0 atom stereocenters. The summed E-state index contributed by atoms with van der Waals surface area (Å²) >= 11 is 35.6. The van der Waals surface area contributed by atoms with Crippen LogP contribution < -0.4 is 9.47 Å². The van der Waals surface area contributed by atoms with Crippen LogP contribution in [0.4, 0.5) is 0 Å². The monoisotopic (exact) mass is 488 g/mol. The number of hydrogen-bond acceptors (Lipinski definition) is 4. The van der Waals surface area contributed by atoms with Crippen molar-refractivity contribution in [1.29, 1.82) is 0 Å². The number of benzene rings is 2. The average Bonchev–Trinajstić information content (AvgIpc) is 2.53. The maximum atomic E-state index is 12.5. The zero-order chi connectivity index (χ0) is 20.5. The second-order valence-electron chi connectivity index (χ2n) is 5.80. The van der Waals surface area contributed by atoms with E-state index in [4.69, 9.17) is 79.1 Å². The smallest absolute Gasteiger partial charge is 0.328 e. The molecule has 0 aliphatic carbocycles. The summed E-state index contributed by atoms with van der Waals surface area (Å²) in [5, 5.41) is 0.552. The number of rotatable bonds is 4. The normalized spacial score (nSPS) is 11.3. The van der Waals surface area contributed by atoms with Crippen LogP contribution in [0.3, 0.4) is 0 Å². The van der Waals surface area contributed by atoms with E-state index in [0.29, 0.717) is 0 Å². The minimum absolute atomic E-state index is 0.00816. The van der Waals surface area contributed by atoms with Gasteiger partial charge in [0.05, 0.1) is 20.1 Å². The fourth-order valence-electron chi connectivity index (χ4n) is 1.78. The summed E-state index contributed by atoms with van der Waals surface area (Å²) in [6, 6.07) is 5.37. The molecule has 0 heterocycles. The Morgan fingerprint density at radius 2 is 0.926 bits per heavy atom. The van der Waals surface area contributed by atoms with Gasteiger partial charge in [0.2, 0.25) is 0 Å². The Bertz CT molecular complexity index is 806. The van der Waals surface area contributed by atoms with Gasteiger partial charge in [0.1, 0.15) is 0 Å². The third kappa shape index (κ3) is 5.14. The van der Waals surface area contributed by atoms with Gasteiger partial charge in [0, 0.05) is 10.0 Å². The van der Waals surface area contributed by atoms with Crippen molar-refractivity contribution in [2.75, 3.05) is 0 Å². The highest BCUT2D eigenvalue weighted by molar-refractivity contribution is 6.41. The van der Waals surface area contributed by atoms with Crippen LogP contribution >= 0.6 is 69.6 Å². The summed E-state index contributed by atoms with van der Waals surface area (Å²) in [7, 11) is 0. The lowest BCUT2D eigenvalue weighted by atomic mass is 9.94. The molecule has 144 valence electrons. The van der Waals surface area contributed by atoms with E-state index in [1.54, 1.807) is 0 Å². The Kier molecular flexibility index (Phi) is 7.17. The largest absolute Gasteiger partial charge is 0.422 e. The van der Waals surface area contributed by atoms with Gasteiger partial charge in [0.25, 0.3) is 0 Å². The first-order valence-corrected chi connectivity index (χ1v) is 9.44. The SMILES string of the molecule is CC(C)(C(=O)Oc1c(Cl)cc(Cl)cc1Cl)C(=O)Oc1c(Cl)cc(Cl)cc1Cl. The van der Waals surface area contributed by atoms with Crippen molar-refractivity contribution < 1.29 is 19.1 Å². The lowest BCUT2D eigenvalue weighted by Crippen LogP contribution is -2.39. The van der Waals surface area contributed by atoms with E-state index in [2.05, 4.69) is 0 Å². The molecule has 2 aromatic rings. The maximum absolute atomic E-state index is 12.5. The molecular formula is C17H10Cl6O4. The summed E-state index contributed by atoms with van der Waals surface area (Å²) in [4.78, 5) is 25.0. The van der Waals surface area contributed by atoms with Crippen LogP contribution in [0.1, 0.15) is 13.8 Å². The summed E-state index contributed by atoms with van der Waals surface area (Å²) in [6.45, 7) is 2.60. The van der Waals surface area contributed by atoms with Crippen molar-refractivity contribution in [2.24, 2.45) is 5.41 Å². The first kappa shape index (κ1) is 22.4. The predicted molar refractivity (Wildman–Crippen MR) is 108 cm³/mol. The maximum Gasteiger partial charge on any atom is 0.328 e. The number of halogens is 6. The highest BCUT2D eigenvalue weighted by Gasteiger charge is 2.41. The molecule has 0 aliphatic heterocycles. The first-order valence-electron chi connectivity index (χ1n) is 7.17. The number of esters is 2. The van der Waals surface area contributed by atoms with E-state index in [-0.39, 0.29) is 41.6 Å². The first-order chi connectivity index (χ1) is 12.4. The Morgan fingerprint density at radius 3 is 1.19 bits per heavy atom. The molecule has 2 aromatic carbocycles. The van der Waals surface area contributed by atoms with E-state index < -0.39 is 17.4 Å². The second-order valence-corrected chi connectivity index (χ2v) is 8.30. The molecular weight excluding hydrogens is 481 g/mol. The highest BCUT2D eigenvalue weighted by Crippen LogP contribution is 2.39. The molecule has 0 aromatic heterocycles. The Labute approximate surface area is 185 Å². The molecule has 0 spiro atoms. The minimum atomic E-state index is -1.74. The van der Waals surface area contributed by atoms with Crippen molar-refractivity contribution in [3.05, 3.63) is 54.4 Å².